The van der Waals surface area contributed by atoms with E-state index in [0.29, 0.717) is 5.75 Å². The number of amides is 1. The van der Waals surface area contributed by atoms with E-state index < -0.39 is 0 Å². The zero-order valence-corrected chi connectivity index (χ0v) is 11.3. The first-order valence-electron chi connectivity index (χ1n) is 5.55. The van der Waals surface area contributed by atoms with Gasteiger partial charge in [-0.1, -0.05) is 13.3 Å². The molecule has 1 aliphatic rings. The third-order valence-electron chi connectivity index (χ3n) is 2.60. The summed E-state index contributed by atoms with van der Waals surface area (Å²) in [5.74, 6) is 0.728. The smallest absolute Gasteiger partial charge is 0.237 e. The fraction of sp³-hybridized carbons (Fsp3) is 0.455. The third-order valence-corrected chi connectivity index (χ3v) is 5.02. The van der Waals surface area contributed by atoms with Gasteiger partial charge in [0.1, 0.15) is 5.84 Å². The zero-order chi connectivity index (χ0) is 12.4. The number of carbonyl (C=O) groups is 1. The van der Waals surface area contributed by atoms with Crippen LogP contribution in [0.25, 0.3) is 0 Å². The Hall–Kier alpha value is -1.01. The molecule has 0 bridgehead atoms. The highest BCUT2D eigenvalue weighted by Crippen LogP contribution is 2.41. The maximum Gasteiger partial charge on any atom is 0.237 e. The Labute approximate surface area is 109 Å². The molecule has 0 saturated carbocycles. The first-order valence-corrected chi connectivity index (χ1v) is 7.35. The van der Waals surface area contributed by atoms with Crippen LogP contribution in [0, 0.1) is 5.41 Å². The topological polar surface area (TPSA) is 70.2 Å². The maximum absolute atomic E-state index is 11.9. The van der Waals surface area contributed by atoms with Gasteiger partial charge in [-0.3, -0.25) is 10.2 Å². The van der Waals surface area contributed by atoms with Crippen LogP contribution in [0.4, 0.5) is 5.69 Å². The van der Waals surface area contributed by atoms with Crippen molar-refractivity contribution in [3.05, 3.63) is 10.9 Å². The molecular weight excluding hydrogens is 254 g/mol. The molecule has 4 nitrogen and oxygen atoms in total. The molecule has 0 spiro atoms. The molecule has 0 aliphatic carbocycles. The molecule has 1 aromatic rings. The minimum atomic E-state index is 0.0768. The molecule has 0 aromatic carbocycles. The number of hydrogen-bond donors (Lipinski definition) is 2. The summed E-state index contributed by atoms with van der Waals surface area (Å²) in [5.41, 5.74) is 6.43. The van der Waals surface area contributed by atoms with Crippen LogP contribution in [-0.2, 0) is 4.79 Å². The van der Waals surface area contributed by atoms with E-state index in [1.165, 1.54) is 11.3 Å². The van der Waals surface area contributed by atoms with Crippen LogP contribution in [0.3, 0.4) is 0 Å². The molecule has 0 fully saturated rings. The summed E-state index contributed by atoms with van der Waals surface area (Å²) in [7, 11) is 0. The van der Waals surface area contributed by atoms with Gasteiger partial charge >= 0.3 is 0 Å². The third kappa shape index (κ3) is 2.47. The number of amidine groups is 1. The molecule has 6 heteroatoms. The molecular formula is C11H15N3OS2. The lowest BCUT2D eigenvalue weighted by atomic mass is 10.3. The highest BCUT2D eigenvalue weighted by Gasteiger charge is 2.27. The van der Waals surface area contributed by atoms with Crippen molar-refractivity contribution in [2.24, 2.45) is 5.73 Å². The molecule has 17 heavy (non-hydrogen) atoms. The van der Waals surface area contributed by atoms with E-state index in [4.69, 9.17) is 11.1 Å². The van der Waals surface area contributed by atoms with Gasteiger partial charge < -0.3 is 10.6 Å². The number of rotatable bonds is 4. The summed E-state index contributed by atoms with van der Waals surface area (Å²) in [6.45, 7) is 2.87. The number of nitrogen functional groups attached to an aromatic ring is 1. The monoisotopic (exact) mass is 269 g/mol. The van der Waals surface area contributed by atoms with E-state index in [1.807, 2.05) is 11.0 Å². The van der Waals surface area contributed by atoms with Crippen molar-refractivity contribution in [3.8, 4) is 0 Å². The Morgan fingerprint density at radius 1 is 1.65 bits per heavy atom. The van der Waals surface area contributed by atoms with Crippen LogP contribution < -0.4 is 10.6 Å². The molecule has 1 amide bonds. The number of carbonyl (C=O) groups excluding carboxylic acids is 1. The number of fused-ring (bicyclic) bond motifs is 1. The average Bonchev–Trinajstić information content (AvgIpc) is 2.72. The van der Waals surface area contributed by atoms with Crippen molar-refractivity contribution in [2.75, 3.05) is 17.2 Å². The second kappa shape index (κ2) is 5.10. The van der Waals surface area contributed by atoms with Gasteiger partial charge in [-0.05, 0) is 12.5 Å². The van der Waals surface area contributed by atoms with Crippen LogP contribution in [0.15, 0.2) is 10.3 Å². The maximum atomic E-state index is 11.9. The molecule has 92 valence electrons. The van der Waals surface area contributed by atoms with E-state index in [0.717, 1.165) is 34.2 Å². The van der Waals surface area contributed by atoms with Crippen LogP contribution in [-0.4, -0.2) is 24.0 Å². The fourth-order valence-electron chi connectivity index (χ4n) is 1.69. The van der Waals surface area contributed by atoms with Gasteiger partial charge in [0.25, 0.3) is 0 Å². The highest BCUT2D eigenvalue weighted by atomic mass is 32.2. The van der Waals surface area contributed by atoms with E-state index in [-0.39, 0.29) is 11.7 Å². The van der Waals surface area contributed by atoms with Gasteiger partial charge in [0, 0.05) is 6.54 Å². The van der Waals surface area contributed by atoms with Gasteiger partial charge in [0.15, 0.2) is 0 Å². The fourth-order valence-corrected chi connectivity index (χ4v) is 3.85. The lowest BCUT2D eigenvalue weighted by molar-refractivity contribution is -0.116. The minimum Gasteiger partial charge on any atom is -0.383 e. The largest absolute Gasteiger partial charge is 0.383 e. The van der Waals surface area contributed by atoms with Crippen LogP contribution in [0.1, 0.15) is 24.6 Å². The second-order valence-corrected chi connectivity index (χ2v) is 6.18. The summed E-state index contributed by atoms with van der Waals surface area (Å²) in [6, 6.07) is 1.86. The van der Waals surface area contributed by atoms with E-state index in [9.17, 15) is 4.79 Å². The quantitative estimate of drug-likeness (QED) is 0.650. The summed E-state index contributed by atoms with van der Waals surface area (Å²) in [5, 5.41) is 7.45. The number of hydrogen-bond acceptors (Lipinski definition) is 4. The molecule has 1 aromatic heterocycles. The Balaban J connectivity index is 2.30. The van der Waals surface area contributed by atoms with Crippen LogP contribution in [0.2, 0.25) is 0 Å². The van der Waals surface area contributed by atoms with E-state index in [1.54, 1.807) is 11.8 Å². The van der Waals surface area contributed by atoms with Gasteiger partial charge in [0.2, 0.25) is 5.91 Å². The molecule has 0 atom stereocenters. The summed E-state index contributed by atoms with van der Waals surface area (Å²) in [4.78, 5) is 14.4. The van der Waals surface area contributed by atoms with Crippen molar-refractivity contribution in [1.29, 1.82) is 5.41 Å². The predicted molar refractivity (Wildman–Crippen MR) is 73.3 cm³/mol. The van der Waals surface area contributed by atoms with Crippen molar-refractivity contribution in [2.45, 2.75) is 24.0 Å². The number of nitrogens with zero attached hydrogens (tertiary/aromatic N) is 1. The average molecular weight is 269 g/mol. The standard InChI is InChI=1S/C11H15N3OS2/c1-2-3-4-14-7-5-8(10(12)13)17-11(7)16-6-9(14)15/h5H,2-4,6H2,1H3,(H3,12,13). The van der Waals surface area contributed by atoms with Gasteiger partial charge in [-0.2, -0.15) is 0 Å². The summed E-state index contributed by atoms with van der Waals surface area (Å²) >= 11 is 3.05. The number of nitrogens with one attached hydrogen (secondary N) is 1. The van der Waals surface area contributed by atoms with Crippen molar-refractivity contribution >= 4 is 40.5 Å². The highest BCUT2D eigenvalue weighted by molar-refractivity contribution is 8.02. The van der Waals surface area contributed by atoms with Crippen LogP contribution >= 0.6 is 23.1 Å². The summed E-state index contributed by atoms with van der Waals surface area (Å²) < 4.78 is 1.10. The van der Waals surface area contributed by atoms with Crippen LogP contribution in [0.5, 0.6) is 0 Å². The zero-order valence-electron chi connectivity index (χ0n) is 9.66. The second-order valence-electron chi connectivity index (χ2n) is 3.88. The molecule has 2 rings (SSSR count). The van der Waals surface area contributed by atoms with Crippen molar-refractivity contribution in [1.82, 2.24) is 0 Å². The number of thioether (sulfide) groups is 1. The molecule has 0 unspecified atom stereocenters. The van der Waals surface area contributed by atoms with Crippen molar-refractivity contribution in [3.63, 3.8) is 0 Å². The molecule has 2 heterocycles. The first-order chi connectivity index (χ1) is 8.13. The molecule has 0 saturated heterocycles. The first kappa shape index (κ1) is 12.4. The lowest BCUT2D eigenvalue weighted by Gasteiger charge is -2.26. The van der Waals surface area contributed by atoms with E-state index in [2.05, 4.69) is 6.92 Å². The normalized spacial score (nSPS) is 14.9. The molecule has 3 N–H and O–H groups in total. The number of nitrogens with two attached hydrogens (primary N) is 1. The number of unbranched alkanes of at least 4 members (excludes halogenated alkanes) is 1. The van der Waals surface area contributed by atoms with Gasteiger partial charge in [-0.25, -0.2) is 0 Å². The molecule has 0 radical (unpaired) electrons. The Morgan fingerprint density at radius 2 is 2.41 bits per heavy atom. The SMILES string of the molecule is CCCCN1C(=O)CSc2sc(C(=N)N)cc21. The van der Waals surface area contributed by atoms with E-state index >= 15 is 0 Å². The summed E-state index contributed by atoms with van der Waals surface area (Å²) in [6.07, 6.45) is 2.07. The predicted octanol–water partition coefficient (Wildman–Crippen LogP) is 2.27. The Morgan fingerprint density at radius 3 is 3.06 bits per heavy atom. The number of anilines is 1. The van der Waals surface area contributed by atoms with Gasteiger partial charge in [-0.15, -0.1) is 23.1 Å². The Bertz CT molecular complexity index is 456. The minimum absolute atomic E-state index is 0.0768. The molecule has 1 aliphatic heterocycles. The van der Waals surface area contributed by atoms with Crippen molar-refractivity contribution < 1.29 is 4.79 Å². The number of thiophene rings is 1. The van der Waals surface area contributed by atoms with Gasteiger partial charge in [0.05, 0.1) is 20.5 Å². The Kier molecular flexibility index (Phi) is 3.73. The lowest BCUT2D eigenvalue weighted by Crippen LogP contribution is -2.35.